The number of aryl methyl sites for hydroxylation is 1. The summed E-state index contributed by atoms with van der Waals surface area (Å²) < 4.78 is 131. The fraction of sp³-hybridized carbons (Fsp3) is 0.200. The van der Waals surface area contributed by atoms with Gasteiger partial charge < -0.3 is 9.47 Å². The predicted molar refractivity (Wildman–Crippen MR) is 112 cm³/mol. The quantitative estimate of drug-likeness (QED) is 0.219. The van der Waals surface area contributed by atoms with Crippen LogP contribution in [0.2, 0.25) is 0 Å². The maximum absolute atomic E-state index is 14.6. The van der Waals surface area contributed by atoms with Crippen molar-refractivity contribution in [3.8, 4) is 22.6 Å². The Kier molecular flexibility index (Phi) is 7.90. The van der Waals surface area contributed by atoms with E-state index in [2.05, 4.69) is 9.47 Å². The molecule has 0 saturated carbocycles. The van der Waals surface area contributed by atoms with Gasteiger partial charge in [0.05, 0.1) is 17.9 Å². The van der Waals surface area contributed by atoms with Crippen molar-refractivity contribution in [2.45, 2.75) is 32.1 Å². The molecule has 3 rings (SSSR count). The molecule has 0 aromatic heterocycles. The standard InChI is InChI=1S/C25H17F9O2/c1-2-3-14-4-7-18(20(27)10-14)25(33,34)36-16-5-6-17(19(26)13-16)15-11-21(28)23(22(29)12-15)35-9-8-24(30,31)32/h4-13H,2-3H2,1H3. The molecule has 0 atom stereocenters. The molecule has 0 aliphatic rings. The lowest BCUT2D eigenvalue weighted by atomic mass is 10.0. The van der Waals surface area contributed by atoms with Crippen LogP contribution < -0.4 is 9.47 Å². The number of alkyl halides is 5. The van der Waals surface area contributed by atoms with Gasteiger partial charge in [-0.25, -0.2) is 17.6 Å². The van der Waals surface area contributed by atoms with Gasteiger partial charge in [-0.2, -0.15) is 22.0 Å². The molecule has 0 aliphatic carbocycles. The number of allylic oxidation sites excluding steroid dienone is 1. The highest BCUT2D eigenvalue weighted by Gasteiger charge is 2.38. The third-order valence-electron chi connectivity index (χ3n) is 4.82. The summed E-state index contributed by atoms with van der Waals surface area (Å²) in [5.41, 5.74) is -1.38. The van der Waals surface area contributed by atoms with Crippen molar-refractivity contribution in [3.63, 3.8) is 0 Å². The van der Waals surface area contributed by atoms with Crippen molar-refractivity contribution in [3.05, 3.63) is 95.3 Å². The SMILES string of the molecule is CCCc1ccc(C(F)(F)Oc2ccc(-c3cc(F)c(OC=CC(F)(F)F)c(F)c3)c(F)c2)c(F)c1. The molecular weight excluding hydrogens is 503 g/mol. The number of hydrogen-bond donors (Lipinski definition) is 0. The monoisotopic (exact) mass is 520 g/mol. The minimum absolute atomic E-state index is 0.0360. The van der Waals surface area contributed by atoms with E-state index < -0.39 is 63.7 Å². The smallest absolute Gasteiger partial charge is 0.429 e. The Morgan fingerprint density at radius 1 is 0.778 bits per heavy atom. The molecular formula is C25H17F9O2. The van der Waals surface area contributed by atoms with Crippen molar-refractivity contribution in [1.82, 2.24) is 0 Å². The molecule has 2 nitrogen and oxygen atoms in total. The van der Waals surface area contributed by atoms with Crippen LogP contribution in [0.15, 0.2) is 60.9 Å². The second-order valence-electron chi connectivity index (χ2n) is 7.56. The lowest BCUT2D eigenvalue weighted by Crippen LogP contribution is -2.23. The van der Waals surface area contributed by atoms with Crippen molar-refractivity contribution in [1.29, 1.82) is 0 Å². The summed E-state index contributed by atoms with van der Waals surface area (Å²) >= 11 is 0. The van der Waals surface area contributed by atoms with Crippen LogP contribution in [0.5, 0.6) is 11.5 Å². The van der Waals surface area contributed by atoms with Crippen LogP contribution in [-0.2, 0) is 12.5 Å². The summed E-state index contributed by atoms with van der Waals surface area (Å²) in [6.45, 7) is 1.84. The van der Waals surface area contributed by atoms with Crippen LogP contribution in [0, 0.1) is 23.3 Å². The van der Waals surface area contributed by atoms with Crippen LogP contribution in [0.3, 0.4) is 0 Å². The summed E-state index contributed by atoms with van der Waals surface area (Å²) in [6, 6.07) is 6.58. The molecule has 0 fully saturated rings. The van der Waals surface area contributed by atoms with E-state index in [-0.39, 0.29) is 12.3 Å². The second kappa shape index (κ2) is 10.5. The lowest BCUT2D eigenvalue weighted by Gasteiger charge is -2.19. The molecule has 0 aliphatic heterocycles. The largest absolute Gasteiger partial charge is 0.459 e. The van der Waals surface area contributed by atoms with Gasteiger partial charge in [-0.15, -0.1) is 0 Å². The number of halogens is 9. The predicted octanol–water partition coefficient (Wildman–Crippen LogP) is 8.45. The molecule has 0 unspecified atom stereocenters. The summed E-state index contributed by atoms with van der Waals surface area (Å²) in [7, 11) is 0. The number of benzene rings is 3. The van der Waals surface area contributed by atoms with E-state index >= 15 is 0 Å². The van der Waals surface area contributed by atoms with Crippen molar-refractivity contribution < 1.29 is 49.0 Å². The van der Waals surface area contributed by atoms with Gasteiger partial charge in [-0.3, -0.25) is 0 Å². The van der Waals surface area contributed by atoms with Crippen molar-refractivity contribution in [2.24, 2.45) is 0 Å². The molecule has 0 radical (unpaired) electrons. The summed E-state index contributed by atoms with van der Waals surface area (Å²) in [4.78, 5) is 0. The number of hydrogen-bond acceptors (Lipinski definition) is 2. The molecule has 0 saturated heterocycles. The highest BCUT2D eigenvalue weighted by atomic mass is 19.4. The zero-order valence-electron chi connectivity index (χ0n) is 18.4. The molecule has 0 N–H and O–H groups in total. The fourth-order valence-electron chi connectivity index (χ4n) is 3.24. The van der Waals surface area contributed by atoms with Crippen LogP contribution in [0.4, 0.5) is 39.5 Å². The van der Waals surface area contributed by atoms with Gasteiger partial charge in [0.25, 0.3) is 0 Å². The number of rotatable bonds is 8. The van der Waals surface area contributed by atoms with E-state index in [1.165, 1.54) is 6.07 Å². The van der Waals surface area contributed by atoms with E-state index in [9.17, 15) is 39.5 Å². The molecule has 0 amide bonds. The van der Waals surface area contributed by atoms with Gasteiger partial charge in [-0.05, 0) is 53.9 Å². The van der Waals surface area contributed by atoms with E-state index in [1.807, 2.05) is 6.92 Å². The minimum atomic E-state index is -4.78. The van der Waals surface area contributed by atoms with Crippen LogP contribution in [0.25, 0.3) is 11.1 Å². The third-order valence-corrected chi connectivity index (χ3v) is 4.82. The van der Waals surface area contributed by atoms with E-state index in [0.717, 1.165) is 24.3 Å². The zero-order valence-corrected chi connectivity index (χ0v) is 18.4. The average Bonchev–Trinajstić information content (AvgIpc) is 2.74. The Balaban J connectivity index is 1.83. The first-order valence-electron chi connectivity index (χ1n) is 10.4. The number of ether oxygens (including phenoxy) is 2. The molecule has 11 heteroatoms. The van der Waals surface area contributed by atoms with Gasteiger partial charge in [0, 0.05) is 11.6 Å². The van der Waals surface area contributed by atoms with Gasteiger partial charge in [0.1, 0.15) is 17.4 Å². The Morgan fingerprint density at radius 3 is 2.00 bits per heavy atom. The molecule has 0 spiro atoms. The summed E-state index contributed by atoms with van der Waals surface area (Å²) in [5, 5.41) is 0. The maximum atomic E-state index is 14.6. The van der Waals surface area contributed by atoms with Crippen molar-refractivity contribution >= 4 is 0 Å². The first-order chi connectivity index (χ1) is 16.8. The van der Waals surface area contributed by atoms with E-state index in [0.29, 0.717) is 36.6 Å². The lowest BCUT2D eigenvalue weighted by molar-refractivity contribution is -0.187. The Hall–Kier alpha value is -3.63. The molecule has 192 valence electrons. The first-order valence-corrected chi connectivity index (χ1v) is 10.4. The van der Waals surface area contributed by atoms with Gasteiger partial charge in [-0.1, -0.05) is 19.4 Å². The molecule has 0 bridgehead atoms. The Labute approximate surface area is 199 Å². The topological polar surface area (TPSA) is 18.5 Å². The highest BCUT2D eigenvalue weighted by Crippen LogP contribution is 2.36. The molecule has 3 aromatic rings. The zero-order chi connectivity index (χ0) is 26.7. The van der Waals surface area contributed by atoms with Crippen molar-refractivity contribution in [2.75, 3.05) is 0 Å². The molecule has 36 heavy (non-hydrogen) atoms. The van der Waals surface area contributed by atoms with E-state index in [4.69, 9.17) is 0 Å². The second-order valence-corrected chi connectivity index (χ2v) is 7.56. The molecule has 0 heterocycles. The van der Waals surface area contributed by atoms with E-state index in [1.54, 1.807) is 0 Å². The van der Waals surface area contributed by atoms with Crippen LogP contribution in [0.1, 0.15) is 24.5 Å². The first kappa shape index (κ1) is 27.0. The Bertz CT molecular complexity index is 1240. The molecule has 3 aromatic carbocycles. The fourth-order valence-corrected chi connectivity index (χ4v) is 3.24. The third kappa shape index (κ3) is 6.52. The highest BCUT2D eigenvalue weighted by molar-refractivity contribution is 5.66. The van der Waals surface area contributed by atoms with Gasteiger partial charge in [0.2, 0.25) is 0 Å². The van der Waals surface area contributed by atoms with Gasteiger partial charge in [0.15, 0.2) is 17.4 Å². The van der Waals surface area contributed by atoms with Gasteiger partial charge >= 0.3 is 12.3 Å². The average molecular weight is 520 g/mol. The maximum Gasteiger partial charge on any atom is 0.429 e. The minimum Gasteiger partial charge on any atom is -0.459 e. The summed E-state index contributed by atoms with van der Waals surface area (Å²) in [5.74, 6) is -7.16. The Morgan fingerprint density at radius 2 is 1.44 bits per heavy atom. The van der Waals surface area contributed by atoms with Crippen LogP contribution >= 0.6 is 0 Å². The summed E-state index contributed by atoms with van der Waals surface area (Å²) in [6.07, 6.45) is -8.14. The van der Waals surface area contributed by atoms with Crippen LogP contribution in [-0.4, -0.2) is 6.18 Å². The normalized spacial score (nSPS) is 12.3.